The Morgan fingerprint density at radius 1 is 0.893 bits per heavy atom. The molecule has 1 fully saturated rings. The van der Waals surface area contributed by atoms with Gasteiger partial charge in [-0.05, 0) is 11.6 Å². The number of ether oxygens (including phenoxy) is 1. The minimum Gasteiger partial charge on any atom is -0.378 e. The lowest BCUT2D eigenvalue weighted by molar-refractivity contribution is 0.123. The van der Waals surface area contributed by atoms with E-state index < -0.39 is 0 Å². The Morgan fingerprint density at radius 3 is 2.39 bits per heavy atom. The summed E-state index contributed by atoms with van der Waals surface area (Å²) in [6.07, 6.45) is 1.67. The van der Waals surface area contributed by atoms with Crippen molar-refractivity contribution in [2.45, 2.75) is 6.54 Å². The molecule has 1 aliphatic heterocycles. The number of nitrogens with zero attached hydrogens (tertiary/aromatic N) is 3. The fourth-order valence-electron chi connectivity index (χ4n) is 3.94. The Morgan fingerprint density at radius 2 is 1.61 bits per heavy atom. The van der Waals surface area contributed by atoms with E-state index in [2.05, 4.69) is 22.0 Å². The highest BCUT2D eigenvalue weighted by Crippen LogP contribution is 2.32. The monoisotopic (exact) mass is 371 g/mol. The molecular formula is C23H21N3O2. The van der Waals surface area contributed by atoms with Gasteiger partial charge < -0.3 is 9.64 Å². The first-order valence-electron chi connectivity index (χ1n) is 9.59. The minimum atomic E-state index is -0.00545. The lowest BCUT2D eigenvalue weighted by Gasteiger charge is -2.30. The van der Waals surface area contributed by atoms with E-state index in [0.717, 1.165) is 40.6 Å². The van der Waals surface area contributed by atoms with Crippen LogP contribution in [0.4, 0.5) is 5.69 Å². The lowest BCUT2D eigenvalue weighted by Crippen LogP contribution is -2.36. The fraction of sp³-hybridized carbons (Fsp3) is 0.217. The molecule has 0 N–H and O–H groups in total. The van der Waals surface area contributed by atoms with E-state index >= 15 is 0 Å². The summed E-state index contributed by atoms with van der Waals surface area (Å²) < 4.78 is 7.20. The van der Waals surface area contributed by atoms with Crippen LogP contribution in [0.25, 0.3) is 21.7 Å². The van der Waals surface area contributed by atoms with Gasteiger partial charge in [0.2, 0.25) is 0 Å². The molecule has 0 saturated carbocycles. The Hall–Kier alpha value is -3.18. The second-order valence-electron chi connectivity index (χ2n) is 7.10. The van der Waals surface area contributed by atoms with Gasteiger partial charge in [-0.2, -0.15) is 0 Å². The third-order valence-corrected chi connectivity index (χ3v) is 5.36. The zero-order valence-electron chi connectivity index (χ0n) is 15.5. The summed E-state index contributed by atoms with van der Waals surface area (Å²) >= 11 is 0. The Balaban J connectivity index is 1.71. The van der Waals surface area contributed by atoms with Crippen molar-refractivity contribution in [3.63, 3.8) is 0 Å². The van der Waals surface area contributed by atoms with Crippen molar-refractivity contribution < 1.29 is 4.74 Å². The number of hydrogen-bond donors (Lipinski definition) is 0. The number of anilines is 1. The maximum absolute atomic E-state index is 13.3. The van der Waals surface area contributed by atoms with Crippen LogP contribution in [-0.2, 0) is 11.3 Å². The smallest absolute Gasteiger partial charge is 0.261 e. The van der Waals surface area contributed by atoms with E-state index in [1.165, 1.54) is 0 Å². The van der Waals surface area contributed by atoms with Crippen molar-refractivity contribution in [2.24, 2.45) is 0 Å². The van der Waals surface area contributed by atoms with Crippen LogP contribution in [-0.4, -0.2) is 35.9 Å². The summed E-state index contributed by atoms with van der Waals surface area (Å²) in [5, 5.41) is 2.81. The SMILES string of the molecule is O=c1c2cc(N3CCOCC3)c3ccccc3c2ncn1Cc1ccccc1. The van der Waals surface area contributed by atoms with Gasteiger partial charge in [0.1, 0.15) is 0 Å². The fourth-order valence-corrected chi connectivity index (χ4v) is 3.94. The zero-order chi connectivity index (χ0) is 18.9. The molecule has 5 heteroatoms. The summed E-state index contributed by atoms with van der Waals surface area (Å²) in [5.74, 6) is 0. The number of benzene rings is 3. The van der Waals surface area contributed by atoms with E-state index in [9.17, 15) is 4.79 Å². The third kappa shape index (κ3) is 2.94. The molecule has 0 atom stereocenters. The van der Waals surface area contributed by atoms with Crippen LogP contribution < -0.4 is 10.5 Å². The van der Waals surface area contributed by atoms with Crippen molar-refractivity contribution >= 4 is 27.4 Å². The van der Waals surface area contributed by atoms with E-state index in [-0.39, 0.29) is 5.56 Å². The minimum absolute atomic E-state index is 0.00545. The molecule has 140 valence electrons. The molecule has 4 aromatic rings. The molecule has 5 rings (SSSR count). The van der Waals surface area contributed by atoms with E-state index in [0.29, 0.717) is 25.1 Å². The first-order valence-corrected chi connectivity index (χ1v) is 9.59. The van der Waals surface area contributed by atoms with Crippen LogP contribution in [0.1, 0.15) is 5.56 Å². The normalized spacial score (nSPS) is 14.6. The molecule has 28 heavy (non-hydrogen) atoms. The molecule has 0 radical (unpaired) electrons. The highest BCUT2D eigenvalue weighted by atomic mass is 16.5. The molecular weight excluding hydrogens is 350 g/mol. The Kier molecular flexibility index (Phi) is 4.29. The second kappa shape index (κ2) is 7.09. The topological polar surface area (TPSA) is 47.4 Å². The van der Waals surface area contributed by atoms with Crippen molar-refractivity contribution in [2.75, 3.05) is 31.2 Å². The van der Waals surface area contributed by atoms with Crippen LogP contribution >= 0.6 is 0 Å². The lowest BCUT2D eigenvalue weighted by atomic mass is 10.0. The van der Waals surface area contributed by atoms with Crippen LogP contribution in [0.5, 0.6) is 0 Å². The molecule has 0 aliphatic carbocycles. The van der Waals surface area contributed by atoms with Crippen LogP contribution in [0.15, 0.2) is 71.8 Å². The second-order valence-corrected chi connectivity index (χ2v) is 7.10. The van der Waals surface area contributed by atoms with Gasteiger partial charge in [0.25, 0.3) is 5.56 Å². The highest BCUT2D eigenvalue weighted by Gasteiger charge is 2.18. The number of rotatable bonds is 3. The van der Waals surface area contributed by atoms with Gasteiger partial charge in [-0.1, -0.05) is 54.6 Å². The summed E-state index contributed by atoms with van der Waals surface area (Å²) in [5.41, 5.74) is 2.93. The average molecular weight is 371 g/mol. The number of aromatic nitrogens is 2. The summed E-state index contributed by atoms with van der Waals surface area (Å²) in [4.78, 5) is 20.3. The maximum Gasteiger partial charge on any atom is 0.261 e. The number of morpholine rings is 1. The summed E-state index contributed by atoms with van der Waals surface area (Å²) in [7, 11) is 0. The standard InChI is InChI=1S/C23H21N3O2/c27-23-20-14-21(25-10-12-28-13-11-25)18-8-4-5-9-19(18)22(20)24-16-26(23)15-17-6-2-1-3-7-17/h1-9,14,16H,10-13,15H2. The van der Waals surface area contributed by atoms with Gasteiger partial charge in [0, 0.05) is 29.5 Å². The van der Waals surface area contributed by atoms with E-state index in [1.807, 2.05) is 48.5 Å². The molecule has 1 saturated heterocycles. The van der Waals surface area contributed by atoms with Crippen molar-refractivity contribution in [3.05, 3.63) is 82.9 Å². The summed E-state index contributed by atoms with van der Waals surface area (Å²) in [6, 6.07) is 20.2. The third-order valence-electron chi connectivity index (χ3n) is 5.36. The molecule has 0 unspecified atom stereocenters. The Bertz CT molecular complexity index is 1200. The zero-order valence-corrected chi connectivity index (χ0v) is 15.5. The van der Waals surface area contributed by atoms with Crippen molar-refractivity contribution in [3.8, 4) is 0 Å². The van der Waals surface area contributed by atoms with Crippen molar-refractivity contribution in [1.29, 1.82) is 0 Å². The average Bonchev–Trinajstić information content (AvgIpc) is 2.76. The predicted octanol–water partition coefficient (Wildman–Crippen LogP) is 3.43. The molecule has 1 aromatic heterocycles. The van der Waals surface area contributed by atoms with Crippen LogP contribution in [0, 0.1) is 0 Å². The molecule has 3 aromatic carbocycles. The summed E-state index contributed by atoms with van der Waals surface area (Å²) in [6.45, 7) is 3.58. The van der Waals surface area contributed by atoms with Gasteiger partial charge in [-0.3, -0.25) is 9.36 Å². The molecule has 0 bridgehead atoms. The van der Waals surface area contributed by atoms with Gasteiger partial charge in [0.05, 0.1) is 37.0 Å². The largest absolute Gasteiger partial charge is 0.378 e. The molecule has 2 heterocycles. The van der Waals surface area contributed by atoms with E-state index in [1.54, 1.807) is 10.9 Å². The first-order chi connectivity index (χ1) is 13.8. The number of hydrogen-bond acceptors (Lipinski definition) is 4. The Labute approximate surface area is 162 Å². The molecule has 1 aliphatic rings. The van der Waals surface area contributed by atoms with Gasteiger partial charge in [-0.15, -0.1) is 0 Å². The molecule has 0 amide bonds. The predicted molar refractivity (Wildman–Crippen MR) is 112 cm³/mol. The van der Waals surface area contributed by atoms with Crippen LogP contribution in [0.2, 0.25) is 0 Å². The van der Waals surface area contributed by atoms with Crippen molar-refractivity contribution in [1.82, 2.24) is 9.55 Å². The van der Waals surface area contributed by atoms with Crippen LogP contribution in [0.3, 0.4) is 0 Å². The highest BCUT2D eigenvalue weighted by molar-refractivity contribution is 6.11. The van der Waals surface area contributed by atoms with Gasteiger partial charge >= 0.3 is 0 Å². The quantitative estimate of drug-likeness (QED) is 0.518. The molecule has 0 spiro atoms. The number of fused-ring (bicyclic) bond motifs is 3. The molecule has 5 nitrogen and oxygen atoms in total. The van der Waals surface area contributed by atoms with E-state index in [4.69, 9.17) is 4.74 Å². The van der Waals surface area contributed by atoms with Gasteiger partial charge in [-0.25, -0.2) is 4.98 Å². The van der Waals surface area contributed by atoms with Gasteiger partial charge in [0.15, 0.2) is 0 Å². The first kappa shape index (κ1) is 17.0. The maximum atomic E-state index is 13.3.